The minimum atomic E-state index is 0.294. The molecular weight excluding hydrogens is 212 g/mol. The SMILES string of the molecule is COCCCN1CCCN(C(C)(C)C)C(C)C1. The maximum atomic E-state index is 5.13. The quantitative estimate of drug-likeness (QED) is 0.703. The number of ether oxygens (including phenoxy) is 1. The van der Waals surface area contributed by atoms with E-state index in [1.54, 1.807) is 7.11 Å². The molecule has 1 unspecified atom stereocenters. The van der Waals surface area contributed by atoms with Crippen molar-refractivity contribution in [1.82, 2.24) is 9.80 Å². The lowest BCUT2D eigenvalue weighted by atomic mass is 10.0. The maximum Gasteiger partial charge on any atom is 0.0474 e. The highest BCUT2D eigenvalue weighted by Gasteiger charge is 2.29. The smallest absolute Gasteiger partial charge is 0.0474 e. The Hall–Kier alpha value is -0.120. The topological polar surface area (TPSA) is 15.7 Å². The number of hydrogen-bond donors (Lipinski definition) is 0. The van der Waals surface area contributed by atoms with Gasteiger partial charge in [0.2, 0.25) is 0 Å². The van der Waals surface area contributed by atoms with E-state index in [1.807, 2.05) is 0 Å². The Morgan fingerprint density at radius 2 is 1.94 bits per heavy atom. The second-order valence-electron chi connectivity index (χ2n) is 6.21. The highest BCUT2D eigenvalue weighted by Crippen LogP contribution is 2.20. The molecule has 0 spiro atoms. The van der Waals surface area contributed by atoms with Crippen LogP contribution in [0.3, 0.4) is 0 Å². The van der Waals surface area contributed by atoms with Crippen molar-refractivity contribution >= 4 is 0 Å². The third-order valence-corrected chi connectivity index (χ3v) is 3.61. The third-order valence-electron chi connectivity index (χ3n) is 3.61. The van der Waals surface area contributed by atoms with Gasteiger partial charge in [0.15, 0.2) is 0 Å². The lowest BCUT2D eigenvalue weighted by Gasteiger charge is -2.39. The molecule has 3 heteroatoms. The van der Waals surface area contributed by atoms with Gasteiger partial charge in [-0.05, 0) is 47.1 Å². The molecule has 17 heavy (non-hydrogen) atoms. The van der Waals surface area contributed by atoms with Gasteiger partial charge >= 0.3 is 0 Å². The number of rotatable bonds is 4. The molecule has 0 bridgehead atoms. The van der Waals surface area contributed by atoms with Crippen LogP contribution in [0.2, 0.25) is 0 Å². The summed E-state index contributed by atoms with van der Waals surface area (Å²) in [6, 6.07) is 0.653. The van der Waals surface area contributed by atoms with E-state index in [0.29, 0.717) is 11.6 Å². The number of methoxy groups -OCH3 is 1. The molecule has 0 aromatic carbocycles. The summed E-state index contributed by atoms with van der Waals surface area (Å²) < 4.78 is 5.13. The van der Waals surface area contributed by atoms with E-state index in [2.05, 4.69) is 37.5 Å². The molecule has 1 atom stereocenters. The van der Waals surface area contributed by atoms with Crippen molar-refractivity contribution in [2.24, 2.45) is 0 Å². The molecule has 1 saturated heterocycles. The Bertz CT molecular complexity index is 213. The summed E-state index contributed by atoms with van der Waals surface area (Å²) in [7, 11) is 1.78. The average Bonchev–Trinajstić information content (AvgIpc) is 2.39. The average molecular weight is 242 g/mol. The maximum absolute atomic E-state index is 5.13. The second-order valence-corrected chi connectivity index (χ2v) is 6.21. The first-order valence-electron chi connectivity index (χ1n) is 6.93. The Morgan fingerprint density at radius 1 is 1.24 bits per heavy atom. The molecule has 1 aliphatic rings. The molecule has 0 aromatic rings. The summed E-state index contributed by atoms with van der Waals surface area (Å²) >= 11 is 0. The van der Waals surface area contributed by atoms with Gasteiger partial charge in [-0.15, -0.1) is 0 Å². The van der Waals surface area contributed by atoms with Gasteiger partial charge in [-0.25, -0.2) is 0 Å². The normalized spacial score (nSPS) is 24.9. The van der Waals surface area contributed by atoms with Crippen LogP contribution in [0.5, 0.6) is 0 Å². The van der Waals surface area contributed by atoms with Crippen molar-refractivity contribution in [1.29, 1.82) is 0 Å². The fourth-order valence-corrected chi connectivity index (χ4v) is 2.88. The van der Waals surface area contributed by atoms with Gasteiger partial charge in [0.1, 0.15) is 0 Å². The molecule has 0 amide bonds. The highest BCUT2D eigenvalue weighted by atomic mass is 16.5. The summed E-state index contributed by atoms with van der Waals surface area (Å²) in [6.07, 6.45) is 2.44. The monoisotopic (exact) mass is 242 g/mol. The summed E-state index contributed by atoms with van der Waals surface area (Å²) in [6.45, 7) is 15.1. The second kappa shape index (κ2) is 6.72. The largest absolute Gasteiger partial charge is 0.385 e. The van der Waals surface area contributed by atoms with Gasteiger partial charge in [-0.2, -0.15) is 0 Å². The van der Waals surface area contributed by atoms with E-state index in [-0.39, 0.29) is 0 Å². The van der Waals surface area contributed by atoms with Crippen molar-refractivity contribution in [2.45, 2.75) is 52.1 Å². The number of nitrogens with zero attached hydrogens (tertiary/aromatic N) is 2. The van der Waals surface area contributed by atoms with E-state index in [4.69, 9.17) is 4.74 Å². The van der Waals surface area contributed by atoms with E-state index >= 15 is 0 Å². The van der Waals surface area contributed by atoms with Gasteiger partial charge in [0.05, 0.1) is 0 Å². The van der Waals surface area contributed by atoms with Gasteiger partial charge in [-0.3, -0.25) is 4.90 Å². The molecule has 1 fully saturated rings. The summed E-state index contributed by atoms with van der Waals surface area (Å²) in [4.78, 5) is 5.23. The first-order chi connectivity index (χ1) is 7.95. The van der Waals surface area contributed by atoms with E-state index in [9.17, 15) is 0 Å². The Kier molecular flexibility index (Phi) is 5.90. The van der Waals surface area contributed by atoms with Crippen LogP contribution in [0.4, 0.5) is 0 Å². The van der Waals surface area contributed by atoms with Crippen molar-refractivity contribution in [3.05, 3.63) is 0 Å². The zero-order valence-electron chi connectivity index (χ0n) is 12.3. The lowest BCUT2D eigenvalue weighted by molar-refractivity contribution is 0.0881. The van der Waals surface area contributed by atoms with E-state index in [1.165, 1.54) is 32.6 Å². The standard InChI is InChI=1S/C14H30N2O/c1-13-12-15(9-7-11-17-5)8-6-10-16(13)14(2,3)4/h13H,6-12H2,1-5H3. The van der Waals surface area contributed by atoms with Crippen LogP contribution in [0, 0.1) is 0 Å². The predicted molar refractivity (Wildman–Crippen MR) is 73.5 cm³/mol. The highest BCUT2D eigenvalue weighted by molar-refractivity contribution is 4.85. The minimum Gasteiger partial charge on any atom is -0.385 e. The Morgan fingerprint density at radius 3 is 2.53 bits per heavy atom. The zero-order chi connectivity index (χ0) is 12.9. The van der Waals surface area contributed by atoms with Crippen molar-refractivity contribution in [2.75, 3.05) is 39.9 Å². The van der Waals surface area contributed by atoms with Crippen LogP contribution in [-0.4, -0.2) is 61.3 Å². The minimum absolute atomic E-state index is 0.294. The molecule has 3 nitrogen and oxygen atoms in total. The van der Waals surface area contributed by atoms with Gasteiger partial charge < -0.3 is 9.64 Å². The molecule has 0 radical (unpaired) electrons. The molecule has 0 N–H and O–H groups in total. The van der Waals surface area contributed by atoms with E-state index in [0.717, 1.165) is 13.0 Å². The Labute approximate surface area is 107 Å². The van der Waals surface area contributed by atoms with Gasteiger partial charge in [0.25, 0.3) is 0 Å². The molecule has 1 aliphatic heterocycles. The first-order valence-corrected chi connectivity index (χ1v) is 6.93. The van der Waals surface area contributed by atoms with Gasteiger partial charge in [0, 0.05) is 44.9 Å². The van der Waals surface area contributed by atoms with Crippen molar-refractivity contribution in [3.8, 4) is 0 Å². The first kappa shape index (κ1) is 14.9. The molecule has 1 rings (SSSR count). The van der Waals surface area contributed by atoms with E-state index < -0.39 is 0 Å². The van der Waals surface area contributed by atoms with Crippen LogP contribution in [0.15, 0.2) is 0 Å². The fourth-order valence-electron chi connectivity index (χ4n) is 2.88. The van der Waals surface area contributed by atoms with Crippen LogP contribution in [0.1, 0.15) is 40.5 Å². The van der Waals surface area contributed by atoms with Crippen molar-refractivity contribution < 1.29 is 4.74 Å². The molecule has 0 aromatic heterocycles. The third kappa shape index (κ3) is 4.94. The van der Waals surface area contributed by atoms with Crippen LogP contribution in [0.25, 0.3) is 0 Å². The summed E-state index contributed by atoms with van der Waals surface area (Å²) in [5.74, 6) is 0. The summed E-state index contributed by atoms with van der Waals surface area (Å²) in [5, 5.41) is 0. The molecule has 0 saturated carbocycles. The van der Waals surface area contributed by atoms with Crippen molar-refractivity contribution in [3.63, 3.8) is 0 Å². The summed E-state index contributed by atoms with van der Waals surface area (Å²) in [5.41, 5.74) is 0.294. The predicted octanol–water partition coefficient (Wildman–Crippen LogP) is 2.22. The zero-order valence-corrected chi connectivity index (χ0v) is 12.3. The molecule has 102 valence electrons. The van der Waals surface area contributed by atoms with Crippen LogP contribution < -0.4 is 0 Å². The van der Waals surface area contributed by atoms with Crippen LogP contribution >= 0.6 is 0 Å². The fraction of sp³-hybridized carbons (Fsp3) is 1.00. The van der Waals surface area contributed by atoms with Gasteiger partial charge in [-0.1, -0.05) is 0 Å². The molecule has 0 aliphatic carbocycles. The Balaban J connectivity index is 2.45. The number of hydrogen-bond acceptors (Lipinski definition) is 3. The molecule has 1 heterocycles. The van der Waals surface area contributed by atoms with Crippen LogP contribution in [-0.2, 0) is 4.74 Å². The molecular formula is C14H30N2O. The lowest BCUT2D eigenvalue weighted by Crippen LogP contribution is -2.49.